The van der Waals surface area contributed by atoms with Crippen LogP contribution < -0.4 is 0 Å². The van der Waals surface area contributed by atoms with Gasteiger partial charge >= 0.3 is 0 Å². The van der Waals surface area contributed by atoms with Gasteiger partial charge in [-0.3, -0.25) is 4.79 Å². The van der Waals surface area contributed by atoms with E-state index in [4.69, 9.17) is 0 Å². The minimum atomic E-state index is -0.706. The monoisotopic (exact) mass is 247 g/mol. The predicted octanol–water partition coefficient (Wildman–Crippen LogP) is 1.99. The smallest absolute Gasteiger partial charge is 0.134 e. The maximum absolute atomic E-state index is 11.2. The van der Waals surface area contributed by atoms with Crippen molar-refractivity contribution in [2.75, 3.05) is 18.6 Å². The summed E-state index contributed by atoms with van der Waals surface area (Å²) in [4.78, 5) is 14.9. The molecule has 0 N–H and O–H groups in total. The molecule has 5 heteroatoms. The molecule has 1 atom stereocenters. The Morgan fingerprint density at radius 3 is 2.73 bits per heavy atom. The fraction of sp³-hybridized carbons (Fsp3) is 0.800. The number of ketones is 1. The van der Waals surface area contributed by atoms with Crippen LogP contribution in [0.5, 0.6) is 0 Å². The molecule has 0 aromatic heterocycles. The average molecular weight is 247 g/mol. The first-order valence-electron chi connectivity index (χ1n) is 5.02. The number of hydrogen-bond acceptors (Lipinski definition) is 4. The maximum Gasteiger partial charge on any atom is 0.134 e. The van der Waals surface area contributed by atoms with E-state index in [1.54, 1.807) is 6.26 Å². The molecule has 3 nitrogen and oxygen atoms in total. The van der Waals surface area contributed by atoms with E-state index in [9.17, 15) is 9.35 Å². The summed E-state index contributed by atoms with van der Waals surface area (Å²) in [6.45, 7) is 0.460. The van der Waals surface area contributed by atoms with Gasteiger partial charge in [-0.15, -0.1) is 0 Å². The van der Waals surface area contributed by atoms with Gasteiger partial charge < -0.3 is 4.55 Å². The third-order valence-electron chi connectivity index (χ3n) is 1.95. The first kappa shape index (κ1) is 14.8. The zero-order valence-corrected chi connectivity index (χ0v) is 10.7. The quantitative estimate of drug-likeness (QED) is 0.271. The second-order valence-corrected chi connectivity index (χ2v) is 5.09. The first-order chi connectivity index (χ1) is 7.16. The predicted molar refractivity (Wildman–Crippen MR) is 66.9 cm³/mol. The lowest BCUT2D eigenvalue weighted by Gasteiger charge is -2.03. The molecule has 0 aliphatic heterocycles. The Morgan fingerprint density at radius 1 is 1.40 bits per heavy atom. The lowest BCUT2D eigenvalue weighted by atomic mass is 10.1. The molecule has 0 saturated heterocycles. The van der Waals surface area contributed by atoms with E-state index in [0.717, 1.165) is 25.0 Å². The topological polar surface area (TPSA) is 52.5 Å². The van der Waals surface area contributed by atoms with Crippen LogP contribution in [0.1, 0.15) is 32.1 Å². The molecular formula is C10H17NO2S2. The Labute approximate surface area is 99.5 Å². The van der Waals surface area contributed by atoms with Crippen molar-refractivity contribution in [1.82, 2.24) is 0 Å². The average Bonchev–Trinajstić information content (AvgIpc) is 2.17. The number of carbonyl (C=O) groups excluding carboxylic acids is 1. The molecule has 0 heterocycles. The number of aliphatic imine (C=N–C) groups is 1. The Bertz CT molecular complexity index is 225. The molecule has 0 amide bonds. The molecule has 0 bridgehead atoms. The van der Waals surface area contributed by atoms with Gasteiger partial charge in [0.15, 0.2) is 0 Å². The summed E-state index contributed by atoms with van der Waals surface area (Å²) >= 11 is 3.69. The second-order valence-electron chi connectivity index (χ2n) is 3.35. The summed E-state index contributed by atoms with van der Waals surface area (Å²) in [7, 11) is 0. The Kier molecular flexibility index (Phi) is 10.2. The SMILES string of the molecule is C[S+]([O-])CCCCCC(=O)CCN=C=S. The largest absolute Gasteiger partial charge is 0.617 e. The summed E-state index contributed by atoms with van der Waals surface area (Å²) in [5, 5.41) is 2.23. The minimum Gasteiger partial charge on any atom is -0.617 e. The Balaban J connectivity index is 3.27. The molecule has 0 aliphatic carbocycles. The zero-order valence-electron chi connectivity index (χ0n) is 9.03. The van der Waals surface area contributed by atoms with Gasteiger partial charge in [-0.25, -0.2) is 4.99 Å². The molecule has 0 spiro atoms. The van der Waals surface area contributed by atoms with Crippen LogP contribution in [0.25, 0.3) is 0 Å². The van der Waals surface area contributed by atoms with Crippen LogP contribution in [0.2, 0.25) is 0 Å². The highest BCUT2D eigenvalue weighted by Crippen LogP contribution is 2.04. The molecular weight excluding hydrogens is 230 g/mol. The summed E-state index contributed by atoms with van der Waals surface area (Å²) in [5.74, 6) is 0.963. The number of Topliss-reactive ketones (excluding diaryl/α,β-unsaturated/α-hetero) is 1. The maximum atomic E-state index is 11.2. The number of rotatable bonds is 9. The molecule has 0 fully saturated rings. The number of nitrogens with zero attached hydrogens (tertiary/aromatic N) is 1. The van der Waals surface area contributed by atoms with Gasteiger partial charge in [-0.05, 0) is 31.5 Å². The van der Waals surface area contributed by atoms with Crippen molar-refractivity contribution in [3.63, 3.8) is 0 Å². The number of thiocarbonyl (C=S) groups is 1. The number of isothiocyanates is 1. The van der Waals surface area contributed by atoms with E-state index in [2.05, 4.69) is 22.4 Å². The normalized spacial score (nSPS) is 11.9. The van der Waals surface area contributed by atoms with E-state index >= 15 is 0 Å². The van der Waals surface area contributed by atoms with Crippen molar-refractivity contribution >= 4 is 34.3 Å². The highest BCUT2D eigenvalue weighted by atomic mass is 32.2. The summed E-state index contributed by atoms with van der Waals surface area (Å²) in [6, 6.07) is 0. The van der Waals surface area contributed by atoms with Crippen LogP contribution in [0.15, 0.2) is 4.99 Å². The van der Waals surface area contributed by atoms with Crippen molar-refractivity contribution in [3.05, 3.63) is 0 Å². The molecule has 15 heavy (non-hydrogen) atoms. The number of unbranched alkanes of at least 4 members (excludes halogenated alkanes) is 2. The zero-order chi connectivity index (χ0) is 11.5. The van der Waals surface area contributed by atoms with Gasteiger partial charge in [0.05, 0.1) is 18.0 Å². The Hall–Kier alpha value is -0.220. The third-order valence-corrected chi connectivity index (χ3v) is 2.95. The Morgan fingerprint density at radius 2 is 2.13 bits per heavy atom. The van der Waals surface area contributed by atoms with Gasteiger partial charge in [0, 0.05) is 12.8 Å². The van der Waals surface area contributed by atoms with Gasteiger partial charge in [-0.2, -0.15) is 0 Å². The molecule has 86 valence electrons. The minimum absolute atomic E-state index is 0.224. The van der Waals surface area contributed by atoms with E-state index < -0.39 is 11.2 Å². The lowest BCUT2D eigenvalue weighted by molar-refractivity contribution is -0.118. The fourth-order valence-corrected chi connectivity index (χ4v) is 1.86. The van der Waals surface area contributed by atoms with Crippen molar-refractivity contribution in [1.29, 1.82) is 0 Å². The number of carbonyl (C=O) groups is 1. The van der Waals surface area contributed by atoms with E-state index in [1.165, 1.54) is 0 Å². The first-order valence-corrected chi connectivity index (χ1v) is 7.15. The molecule has 0 aromatic carbocycles. The van der Waals surface area contributed by atoms with Crippen molar-refractivity contribution in [3.8, 4) is 0 Å². The molecule has 1 unspecified atom stereocenters. The van der Waals surface area contributed by atoms with E-state index in [1.807, 2.05) is 0 Å². The van der Waals surface area contributed by atoms with Crippen molar-refractivity contribution in [2.24, 2.45) is 4.99 Å². The fourth-order valence-electron chi connectivity index (χ4n) is 1.16. The van der Waals surface area contributed by atoms with Gasteiger partial charge in [0.1, 0.15) is 11.5 Å². The number of hydrogen-bond donors (Lipinski definition) is 0. The van der Waals surface area contributed by atoms with Crippen LogP contribution in [0.4, 0.5) is 0 Å². The standard InChI is InChI=1S/C10H17NO2S2/c1-15(13)8-4-2-3-5-10(12)6-7-11-9-14/h2-8H2,1H3. The molecule has 0 saturated carbocycles. The van der Waals surface area contributed by atoms with Crippen LogP contribution in [-0.4, -0.2) is 34.1 Å². The van der Waals surface area contributed by atoms with Crippen LogP contribution in [0.3, 0.4) is 0 Å². The van der Waals surface area contributed by atoms with E-state index in [-0.39, 0.29) is 5.78 Å². The summed E-state index contributed by atoms with van der Waals surface area (Å²) in [6.07, 6.45) is 5.56. The third kappa shape index (κ3) is 11.7. The van der Waals surface area contributed by atoms with Gasteiger partial charge in [0.25, 0.3) is 0 Å². The lowest BCUT2D eigenvalue weighted by Crippen LogP contribution is -2.04. The van der Waals surface area contributed by atoms with Crippen molar-refractivity contribution in [2.45, 2.75) is 32.1 Å². The highest BCUT2D eigenvalue weighted by Gasteiger charge is 2.02. The van der Waals surface area contributed by atoms with E-state index in [0.29, 0.717) is 19.4 Å². The molecule has 0 aliphatic rings. The molecule has 0 rings (SSSR count). The molecule has 0 aromatic rings. The van der Waals surface area contributed by atoms with Gasteiger partial charge in [-0.1, -0.05) is 11.2 Å². The van der Waals surface area contributed by atoms with Crippen LogP contribution in [0, 0.1) is 0 Å². The van der Waals surface area contributed by atoms with Gasteiger partial charge in [0.2, 0.25) is 0 Å². The van der Waals surface area contributed by atoms with Crippen molar-refractivity contribution < 1.29 is 9.35 Å². The van der Waals surface area contributed by atoms with Crippen LogP contribution in [-0.2, 0) is 16.0 Å². The summed E-state index contributed by atoms with van der Waals surface area (Å²) in [5.41, 5.74) is 0. The van der Waals surface area contributed by atoms with Crippen LogP contribution >= 0.6 is 12.2 Å². The second kappa shape index (κ2) is 10.3. The molecule has 0 radical (unpaired) electrons. The highest BCUT2D eigenvalue weighted by molar-refractivity contribution is 7.90. The summed E-state index contributed by atoms with van der Waals surface area (Å²) < 4.78 is 10.7.